The molecular weight excluding hydrogens is 384 g/mol. The minimum absolute atomic E-state index is 1.21. The Bertz CT molecular complexity index is 1260. The maximum absolute atomic E-state index is 2.25. The van der Waals surface area contributed by atoms with E-state index >= 15 is 0 Å². The van der Waals surface area contributed by atoms with Crippen molar-refractivity contribution in [2.75, 3.05) is 0 Å². The number of hydrogen-bond acceptors (Lipinski definition) is 0. The molecule has 0 spiro atoms. The maximum Gasteiger partial charge on any atom is -0.00268 e. The van der Waals surface area contributed by atoms with Crippen molar-refractivity contribution in [3.05, 3.63) is 168 Å². The van der Waals surface area contributed by atoms with Gasteiger partial charge >= 0.3 is 0 Å². The van der Waals surface area contributed by atoms with Crippen LogP contribution >= 0.6 is 0 Å². The van der Waals surface area contributed by atoms with Gasteiger partial charge in [0, 0.05) is 0 Å². The summed E-state index contributed by atoms with van der Waals surface area (Å²) in [6.07, 6.45) is 0. The Kier molecular flexibility index (Phi) is 5.76. The molecule has 0 aliphatic carbocycles. The lowest BCUT2D eigenvalue weighted by Crippen LogP contribution is -1.97. The predicted octanol–water partition coefficient (Wildman–Crippen LogP) is 8.36. The van der Waals surface area contributed by atoms with Gasteiger partial charge in [-0.15, -0.1) is 0 Å². The fourth-order valence-corrected chi connectivity index (χ4v) is 4.19. The van der Waals surface area contributed by atoms with Crippen molar-refractivity contribution in [2.45, 2.75) is 0 Å². The van der Waals surface area contributed by atoms with Crippen molar-refractivity contribution in [2.24, 2.45) is 0 Å². The molecule has 0 saturated carbocycles. The molecule has 0 radical (unpaired) electrons. The third kappa shape index (κ3) is 4.17. The second-order valence-corrected chi connectivity index (χ2v) is 7.79. The van der Waals surface area contributed by atoms with Crippen molar-refractivity contribution < 1.29 is 0 Å². The molecule has 32 heavy (non-hydrogen) atoms. The van der Waals surface area contributed by atoms with Crippen LogP contribution in [0.1, 0.15) is 22.3 Å². The summed E-state index contributed by atoms with van der Waals surface area (Å²) in [6.45, 7) is 0. The van der Waals surface area contributed by atoms with E-state index in [4.69, 9.17) is 0 Å². The second-order valence-electron chi connectivity index (χ2n) is 7.79. The molecule has 5 aromatic carbocycles. The molecule has 0 heteroatoms. The van der Waals surface area contributed by atoms with Gasteiger partial charge in [-0.1, -0.05) is 146 Å². The molecular formula is C32H24. The van der Waals surface area contributed by atoms with Crippen molar-refractivity contribution in [3.63, 3.8) is 0 Å². The molecule has 0 nitrogen and oxygen atoms in total. The van der Waals surface area contributed by atoms with E-state index in [2.05, 4.69) is 146 Å². The molecule has 0 N–H and O–H groups in total. The zero-order valence-electron chi connectivity index (χ0n) is 17.9. The highest BCUT2D eigenvalue weighted by Gasteiger charge is 2.16. The lowest BCUT2D eigenvalue weighted by atomic mass is 9.85. The molecule has 0 heterocycles. The molecule has 5 aromatic rings. The van der Waals surface area contributed by atoms with Gasteiger partial charge in [-0.3, -0.25) is 0 Å². The Balaban J connectivity index is 1.76. The van der Waals surface area contributed by atoms with Crippen LogP contribution in [0.3, 0.4) is 0 Å². The van der Waals surface area contributed by atoms with Gasteiger partial charge in [0.25, 0.3) is 0 Å². The molecule has 0 aliphatic rings. The van der Waals surface area contributed by atoms with Gasteiger partial charge in [0.15, 0.2) is 0 Å². The van der Waals surface area contributed by atoms with Crippen LogP contribution in [0, 0.1) is 0 Å². The van der Waals surface area contributed by atoms with E-state index in [0.717, 1.165) is 0 Å². The second kappa shape index (κ2) is 9.32. The van der Waals surface area contributed by atoms with E-state index < -0.39 is 0 Å². The summed E-state index contributed by atoms with van der Waals surface area (Å²) in [5.41, 5.74) is 9.78. The molecule has 0 aliphatic heterocycles. The van der Waals surface area contributed by atoms with Crippen LogP contribution < -0.4 is 0 Å². The van der Waals surface area contributed by atoms with E-state index in [1.807, 2.05) is 0 Å². The monoisotopic (exact) mass is 408 g/mol. The largest absolute Gasteiger partial charge is 0.0622 e. The van der Waals surface area contributed by atoms with Crippen molar-refractivity contribution in [1.82, 2.24) is 0 Å². The van der Waals surface area contributed by atoms with Crippen LogP contribution in [-0.4, -0.2) is 0 Å². The van der Waals surface area contributed by atoms with Crippen molar-refractivity contribution in [1.29, 1.82) is 0 Å². The van der Waals surface area contributed by atoms with Crippen LogP contribution in [-0.2, 0) is 0 Å². The minimum atomic E-state index is 1.21. The first-order valence-electron chi connectivity index (χ1n) is 11.0. The smallest absolute Gasteiger partial charge is 0.00268 e. The standard InChI is InChI=1S/C32H24/c1-5-13-25(14-6-1)26-21-23-30(24-22-26)32(29-19-11-4-12-20-29)31(27-15-7-2-8-16-27)28-17-9-3-10-18-28/h1-24H. The van der Waals surface area contributed by atoms with Crippen LogP contribution in [0.2, 0.25) is 0 Å². The third-order valence-corrected chi connectivity index (χ3v) is 5.72. The molecule has 0 bridgehead atoms. The molecule has 0 saturated heterocycles. The molecule has 0 amide bonds. The van der Waals surface area contributed by atoms with E-state index in [1.54, 1.807) is 0 Å². The van der Waals surface area contributed by atoms with E-state index in [9.17, 15) is 0 Å². The average molecular weight is 409 g/mol. The topological polar surface area (TPSA) is 0 Å². The van der Waals surface area contributed by atoms with Crippen LogP contribution in [0.5, 0.6) is 0 Å². The summed E-state index contributed by atoms with van der Waals surface area (Å²) in [5.74, 6) is 0. The van der Waals surface area contributed by atoms with Crippen LogP contribution in [0.4, 0.5) is 0 Å². The number of rotatable bonds is 5. The summed E-state index contributed by atoms with van der Waals surface area (Å²) in [4.78, 5) is 0. The Labute approximate surface area is 190 Å². The number of hydrogen-bond donors (Lipinski definition) is 0. The summed E-state index contributed by atoms with van der Waals surface area (Å²) < 4.78 is 0. The normalized spacial score (nSPS) is 10.5. The first-order valence-corrected chi connectivity index (χ1v) is 11.0. The van der Waals surface area contributed by atoms with E-state index in [1.165, 1.54) is 44.5 Å². The first-order chi connectivity index (χ1) is 15.9. The molecule has 0 aromatic heterocycles. The summed E-state index contributed by atoms with van der Waals surface area (Å²) in [6, 6.07) is 51.6. The summed E-state index contributed by atoms with van der Waals surface area (Å²) >= 11 is 0. The quantitative estimate of drug-likeness (QED) is 0.256. The van der Waals surface area contributed by atoms with Gasteiger partial charge in [-0.25, -0.2) is 0 Å². The van der Waals surface area contributed by atoms with E-state index in [-0.39, 0.29) is 0 Å². The fourth-order valence-electron chi connectivity index (χ4n) is 4.19. The van der Waals surface area contributed by atoms with Gasteiger partial charge in [0.1, 0.15) is 0 Å². The average Bonchev–Trinajstić information content (AvgIpc) is 2.89. The van der Waals surface area contributed by atoms with Crippen LogP contribution in [0.25, 0.3) is 22.3 Å². The Hall–Kier alpha value is -4.16. The van der Waals surface area contributed by atoms with Crippen molar-refractivity contribution >= 4 is 11.1 Å². The molecule has 0 atom stereocenters. The predicted molar refractivity (Wildman–Crippen MR) is 136 cm³/mol. The lowest BCUT2D eigenvalue weighted by Gasteiger charge is -2.18. The van der Waals surface area contributed by atoms with Gasteiger partial charge in [-0.2, -0.15) is 0 Å². The highest BCUT2D eigenvalue weighted by Crippen LogP contribution is 2.37. The molecule has 0 unspecified atom stereocenters. The minimum Gasteiger partial charge on any atom is -0.0622 e. The highest BCUT2D eigenvalue weighted by molar-refractivity contribution is 6.04. The first kappa shape index (κ1) is 19.8. The van der Waals surface area contributed by atoms with Gasteiger partial charge in [0.2, 0.25) is 0 Å². The zero-order chi connectivity index (χ0) is 21.6. The van der Waals surface area contributed by atoms with Gasteiger partial charge < -0.3 is 0 Å². The van der Waals surface area contributed by atoms with Gasteiger partial charge in [-0.05, 0) is 44.5 Å². The molecule has 0 fully saturated rings. The zero-order valence-corrected chi connectivity index (χ0v) is 17.9. The van der Waals surface area contributed by atoms with Crippen LogP contribution in [0.15, 0.2) is 146 Å². The Morgan fingerprint density at radius 2 is 0.531 bits per heavy atom. The summed E-state index contributed by atoms with van der Waals surface area (Å²) in [5, 5.41) is 0. The summed E-state index contributed by atoms with van der Waals surface area (Å²) in [7, 11) is 0. The third-order valence-electron chi connectivity index (χ3n) is 5.72. The lowest BCUT2D eigenvalue weighted by molar-refractivity contribution is 1.50. The fraction of sp³-hybridized carbons (Fsp3) is 0. The Morgan fingerprint density at radius 3 is 0.906 bits per heavy atom. The maximum atomic E-state index is 2.25. The Morgan fingerprint density at radius 1 is 0.250 bits per heavy atom. The molecule has 5 rings (SSSR count). The molecule has 152 valence electrons. The SMILES string of the molecule is c1ccc(C(=C(c2ccccc2)c2ccc(-c3ccccc3)cc2)c2ccccc2)cc1. The highest BCUT2D eigenvalue weighted by atomic mass is 14.2. The van der Waals surface area contributed by atoms with E-state index in [0.29, 0.717) is 0 Å². The number of benzene rings is 5. The van der Waals surface area contributed by atoms with Gasteiger partial charge in [0.05, 0.1) is 0 Å². The van der Waals surface area contributed by atoms with Crippen molar-refractivity contribution in [3.8, 4) is 11.1 Å².